The van der Waals surface area contributed by atoms with E-state index < -0.39 is 0 Å². The summed E-state index contributed by atoms with van der Waals surface area (Å²) in [7, 11) is 0. The number of hydrogen-bond acceptors (Lipinski definition) is 4. The molecule has 0 saturated heterocycles. The van der Waals surface area contributed by atoms with Gasteiger partial charge in [-0.05, 0) is 48.9 Å². The van der Waals surface area contributed by atoms with E-state index in [1.807, 2.05) is 61.5 Å². The Balaban J connectivity index is 1.44. The van der Waals surface area contributed by atoms with Crippen LogP contribution in [0.15, 0.2) is 54.6 Å². The molecule has 1 saturated carbocycles. The van der Waals surface area contributed by atoms with Gasteiger partial charge in [0.05, 0.1) is 6.04 Å². The average Bonchev–Trinajstić information content (AvgIpc) is 3.11. The molecule has 3 aromatic rings. The quantitative estimate of drug-likeness (QED) is 0.404. The van der Waals surface area contributed by atoms with Crippen LogP contribution in [0, 0.1) is 5.92 Å². The number of benzene rings is 2. The molecule has 1 heterocycles. The third-order valence-electron chi connectivity index (χ3n) is 5.80. The van der Waals surface area contributed by atoms with Gasteiger partial charge in [0.15, 0.2) is 5.15 Å². The van der Waals surface area contributed by atoms with Crippen molar-refractivity contribution in [2.24, 2.45) is 5.92 Å². The summed E-state index contributed by atoms with van der Waals surface area (Å²) in [6, 6.07) is 18.0. The molecule has 1 amide bonds. The summed E-state index contributed by atoms with van der Waals surface area (Å²) in [5.74, 6) is 0.978. The third kappa shape index (κ3) is 5.40. The number of halogens is 2. The Bertz CT molecular complexity index is 1000. The van der Waals surface area contributed by atoms with Crippen LogP contribution in [0.4, 0.5) is 0 Å². The van der Waals surface area contributed by atoms with E-state index >= 15 is 0 Å². The molecular formula is C24H24Cl2N2O2S. The normalized spacial score (nSPS) is 19.6. The fourth-order valence-corrected chi connectivity index (χ4v) is 5.22. The van der Waals surface area contributed by atoms with E-state index in [0.717, 1.165) is 36.8 Å². The molecule has 0 radical (unpaired) electrons. The fourth-order valence-electron chi connectivity index (χ4n) is 4.18. The highest BCUT2D eigenvalue weighted by Crippen LogP contribution is 2.40. The van der Waals surface area contributed by atoms with Crippen molar-refractivity contribution in [1.29, 1.82) is 0 Å². The summed E-state index contributed by atoms with van der Waals surface area (Å²) in [5, 5.41) is 3.88. The van der Waals surface area contributed by atoms with Crippen LogP contribution in [0.3, 0.4) is 0 Å². The molecule has 2 aromatic carbocycles. The minimum Gasteiger partial charge on any atom is -0.431 e. The van der Waals surface area contributed by atoms with Crippen molar-refractivity contribution in [3.63, 3.8) is 0 Å². The highest BCUT2D eigenvalue weighted by Gasteiger charge is 2.32. The third-order valence-corrected chi connectivity index (χ3v) is 7.42. The largest absolute Gasteiger partial charge is 0.431 e. The lowest BCUT2D eigenvalue weighted by atomic mass is 9.75. The second-order valence-electron chi connectivity index (χ2n) is 7.85. The molecule has 31 heavy (non-hydrogen) atoms. The molecule has 4 rings (SSSR count). The van der Waals surface area contributed by atoms with Gasteiger partial charge in [0, 0.05) is 5.92 Å². The van der Waals surface area contributed by atoms with Gasteiger partial charge in [0.2, 0.25) is 5.91 Å². The zero-order valence-electron chi connectivity index (χ0n) is 17.2. The number of hydrogen-bond donors (Lipinski definition) is 1. The molecule has 3 atom stereocenters. The van der Waals surface area contributed by atoms with Crippen molar-refractivity contribution in [3.8, 4) is 10.9 Å². The number of amides is 1. The van der Waals surface area contributed by atoms with Gasteiger partial charge in [-0.25, -0.2) is 0 Å². The number of aromatic nitrogens is 1. The molecule has 1 aliphatic rings. The second-order valence-corrected chi connectivity index (χ2v) is 9.78. The molecular weight excluding hydrogens is 451 g/mol. The number of carbonyl (C=O) groups is 1. The number of thiazole rings is 1. The Hall–Kier alpha value is -2.08. The van der Waals surface area contributed by atoms with Gasteiger partial charge in [0.1, 0.15) is 10.1 Å². The number of nitrogens with zero attached hydrogens (tertiary/aromatic N) is 1. The lowest BCUT2D eigenvalue weighted by molar-refractivity contribution is -0.127. The van der Waals surface area contributed by atoms with Crippen molar-refractivity contribution < 1.29 is 9.53 Å². The minimum atomic E-state index is -0.0248. The van der Waals surface area contributed by atoms with Crippen LogP contribution in [0.1, 0.15) is 55.7 Å². The molecule has 7 heteroatoms. The first-order chi connectivity index (χ1) is 15.0. The van der Waals surface area contributed by atoms with E-state index in [1.165, 1.54) is 11.3 Å². The lowest BCUT2D eigenvalue weighted by Crippen LogP contribution is -2.37. The topological polar surface area (TPSA) is 51.2 Å². The summed E-state index contributed by atoms with van der Waals surface area (Å²) in [4.78, 5) is 17.2. The first kappa shape index (κ1) is 22.1. The van der Waals surface area contributed by atoms with Crippen molar-refractivity contribution >= 4 is 40.4 Å². The predicted octanol–water partition coefficient (Wildman–Crippen LogP) is 7.39. The van der Waals surface area contributed by atoms with E-state index in [1.54, 1.807) is 0 Å². The monoisotopic (exact) mass is 474 g/mol. The SMILES string of the molecule is C[C@H](NC(=O)C1CCCCC1c1ccc(Oc2nc(Cl)c(Cl)s2)cc1)c1ccccc1. The zero-order valence-corrected chi connectivity index (χ0v) is 19.5. The number of rotatable bonds is 6. The van der Waals surface area contributed by atoms with E-state index in [0.29, 0.717) is 15.3 Å². The number of ether oxygens (including phenoxy) is 1. The van der Waals surface area contributed by atoms with Crippen molar-refractivity contribution in [2.45, 2.75) is 44.6 Å². The van der Waals surface area contributed by atoms with Gasteiger partial charge in [-0.3, -0.25) is 4.79 Å². The lowest BCUT2D eigenvalue weighted by Gasteiger charge is -2.32. The second kappa shape index (κ2) is 10.0. The Morgan fingerprint density at radius 3 is 2.48 bits per heavy atom. The van der Waals surface area contributed by atoms with Crippen molar-refractivity contribution in [2.75, 3.05) is 0 Å². The zero-order chi connectivity index (χ0) is 21.8. The smallest absolute Gasteiger partial charge is 0.281 e. The van der Waals surface area contributed by atoms with Crippen molar-refractivity contribution in [3.05, 3.63) is 75.2 Å². The maximum Gasteiger partial charge on any atom is 0.281 e. The maximum atomic E-state index is 13.1. The molecule has 1 N–H and O–H groups in total. The van der Waals surface area contributed by atoms with Gasteiger partial charge in [-0.1, -0.05) is 89.8 Å². The summed E-state index contributed by atoms with van der Waals surface area (Å²) in [6.45, 7) is 2.04. The van der Waals surface area contributed by atoms with E-state index in [-0.39, 0.29) is 28.9 Å². The fraction of sp³-hybridized carbons (Fsp3) is 0.333. The van der Waals surface area contributed by atoms with Crippen LogP contribution in [0.2, 0.25) is 9.49 Å². The Morgan fingerprint density at radius 1 is 1.10 bits per heavy atom. The van der Waals surface area contributed by atoms with Crippen LogP contribution >= 0.6 is 34.5 Å². The van der Waals surface area contributed by atoms with E-state index in [4.69, 9.17) is 27.9 Å². The van der Waals surface area contributed by atoms with E-state index in [9.17, 15) is 4.79 Å². The van der Waals surface area contributed by atoms with Crippen molar-refractivity contribution in [1.82, 2.24) is 10.3 Å². The maximum absolute atomic E-state index is 13.1. The van der Waals surface area contributed by atoms with Crippen LogP contribution < -0.4 is 10.1 Å². The van der Waals surface area contributed by atoms with Crippen LogP contribution in [-0.4, -0.2) is 10.9 Å². The number of nitrogens with one attached hydrogen (secondary N) is 1. The van der Waals surface area contributed by atoms with Gasteiger partial charge in [0.25, 0.3) is 5.19 Å². The Kier molecular flexibility index (Phi) is 7.16. The standard InChI is InChI=1S/C24H24Cl2N2O2S/c1-15(16-7-3-2-4-8-16)27-23(29)20-10-6-5-9-19(20)17-11-13-18(14-12-17)30-24-28-21(25)22(26)31-24/h2-4,7-8,11-15,19-20H,5-6,9-10H2,1H3,(H,27,29)/t15-,19?,20?/m0/s1. The van der Waals surface area contributed by atoms with Gasteiger partial charge >= 0.3 is 0 Å². The predicted molar refractivity (Wildman–Crippen MR) is 126 cm³/mol. The summed E-state index contributed by atoms with van der Waals surface area (Å²) < 4.78 is 6.17. The highest BCUT2D eigenvalue weighted by molar-refractivity contribution is 7.18. The molecule has 0 aliphatic heterocycles. The van der Waals surface area contributed by atoms with Crippen LogP contribution in [0.25, 0.3) is 0 Å². The molecule has 4 nitrogen and oxygen atoms in total. The minimum absolute atomic E-state index is 0.0102. The molecule has 0 bridgehead atoms. The summed E-state index contributed by atoms with van der Waals surface area (Å²) >= 11 is 13.0. The summed E-state index contributed by atoms with van der Waals surface area (Å²) in [6.07, 6.45) is 4.14. The molecule has 1 aliphatic carbocycles. The Labute approximate surface area is 196 Å². The first-order valence-corrected chi connectivity index (χ1v) is 12.0. The molecule has 0 spiro atoms. The number of carbonyl (C=O) groups excluding carboxylic acids is 1. The van der Waals surface area contributed by atoms with Gasteiger partial charge in [-0.15, -0.1) is 0 Å². The van der Waals surface area contributed by atoms with E-state index in [2.05, 4.69) is 10.3 Å². The molecule has 1 aromatic heterocycles. The summed E-state index contributed by atoms with van der Waals surface area (Å²) in [5.41, 5.74) is 2.28. The average molecular weight is 475 g/mol. The molecule has 1 fully saturated rings. The Morgan fingerprint density at radius 2 is 1.81 bits per heavy atom. The first-order valence-electron chi connectivity index (χ1n) is 10.5. The van der Waals surface area contributed by atoms with Crippen LogP contribution in [-0.2, 0) is 4.79 Å². The molecule has 162 valence electrons. The van der Waals surface area contributed by atoms with Gasteiger partial charge in [-0.2, -0.15) is 4.98 Å². The van der Waals surface area contributed by atoms with Crippen LogP contribution in [0.5, 0.6) is 10.9 Å². The van der Waals surface area contributed by atoms with Gasteiger partial charge < -0.3 is 10.1 Å². The highest BCUT2D eigenvalue weighted by atomic mass is 35.5. The molecule has 2 unspecified atom stereocenters.